The van der Waals surface area contributed by atoms with Crippen LogP contribution in [0.2, 0.25) is 5.15 Å². The lowest BCUT2D eigenvalue weighted by atomic mass is 9.93. The molecule has 0 amide bonds. The fraction of sp³-hybridized carbons (Fsp3) is 0.400. The normalized spacial score (nSPS) is 17.9. The zero-order chi connectivity index (χ0) is 15.0. The predicted molar refractivity (Wildman–Crippen MR) is 79.9 cm³/mol. The highest BCUT2D eigenvalue weighted by molar-refractivity contribution is 6.29. The van der Waals surface area contributed by atoms with E-state index in [1.807, 2.05) is 18.0 Å². The highest BCUT2D eigenvalue weighted by Crippen LogP contribution is 2.33. The number of benzene rings is 1. The van der Waals surface area contributed by atoms with Crippen LogP contribution in [0, 0.1) is 11.7 Å². The van der Waals surface area contributed by atoms with Gasteiger partial charge in [-0.05, 0) is 18.1 Å². The first kappa shape index (κ1) is 14.4. The lowest BCUT2D eigenvalue weighted by molar-refractivity contribution is 0.223. The Bertz CT molecular complexity index is 658. The summed E-state index contributed by atoms with van der Waals surface area (Å²) in [5.74, 6) is 0.645. The average molecular weight is 310 g/mol. The zero-order valence-electron chi connectivity index (χ0n) is 11.8. The lowest BCUT2D eigenvalue weighted by Crippen LogP contribution is -2.37. The molecule has 1 unspecified atom stereocenters. The third kappa shape index (κ3) is 2.63. The first-order chi connectivity index (χ1) is 10.1. The van der Waals surface area contributed by atoms with Gasteiger partial charge in [0.1, 0.15) is 16.8 Å². The van der Waals surface area contributed by atoms with Gasteiger partial charge < -0.3 is 14.6 Å². The van der Waals surface area contributed by atoms with Gasteiger partial charge in [-0.15, -0.1) is 0 Å². The first-order valence-electron chi connectivity index (χ1n) is 6.89. The van der Waals surface area contributed by atoms with Crippen molar-refractivity contribution in [3.63, 3.8) is 0 Å². The van der Waals surface area contributed by atoms with Crippen LogP contribution in [-0.4, -0.2) is 27.8 Å². The number of aromatic nitrogens is 2. The van der Waals surface area contributed by atoms with Crippen molar-refractivity contribution in [2.75, 3.05) is 18.1 Å². The van der Waals surface area contributed by atoms with E-state index >= 15 is 0 Å². The summed E-state index contributed by atoms with van der Waals surface area (Å²) in [6.45, 7) is 1.16. The van der Waals surface area contributed by atoms with Crippen LogP contribution in [0.4, 0.5) is 10.1 Å². The third-order valence-corrected chi connectivity index (χ3v) is 4.34. The molecule has 21 heavy (non-hydrogen) atoms. The molecule has 0 bridgehead atoms. The van der Waals surface area contributed by atoms with E-state index in [1.165, 1.54) is 6.07 Å². The fourth-order valence-corrected chi connectivity index (χ4v) is 3.01. The van der Waals surface area contributed by atoms with Gasteiger partial charge >= 0.3 is 0 Å². The van der Waals surface area contributed by atoms with Crippen LogP contribution >= 0.6 is 11.6 Å². The lowest BCUT2D eigenvalue weighted by Gasteiger charge is -2.35. The van der Waals surface area contributed by atoms with Crippen LogP contribution < -0.4 is 4.90 Å². The van der Waals surface area contributed by atoms with Crippen molar-refractivity contribution in [2.45, 2.75) is 13.0 Å². The molecule has 6 heteroatoms. The van der Waals surface area contributed by atoms with Crippen molar-refractivity contribution >= 4 is 17.3 Å². The highest BCUT2D eigenvalue weighted by atomic mass is 35.5. The van der Waals surface area contributed by atoms with E-state index in [9.17, 15) is 9.50 Å². The Hall–Kier alpha value is -1.59. The highest BCUT2D eigenvalue weighted by Gasteiger charge is 2.27. The number of anilines is 1. The van der Waals surface area contributed by atoms with Crippen LogP contribution in [-0.2, 0) is 20.0 Å². The Kier molecular flexibility index (Phi) is 3.87. The quantitative estimate of drug-likeness (QED) is 0.946. The molecule has 0 spiro atoms. The predicted octanol–water partition coefficient (Wildman–Crippen LogP) is 2.38. The minimum absolute atomic E-state index is 0.0910. The first-order valence-corrected chi connectivity index (χ1v) is 7.27. The molecule has 1 aromatic heterocycles. The number of hydrogen-bond donors (Lipinski definition) is 1. The Morgan fingerprint density at radius 2 is 2.29 bits per heavy atom. The number of aliphatic hydroxyl groups is 1. The number of imidazole rings is 1. The second kappa shape index (κ2) is 5.66. The molecule has 0 fully saturated rings. The summed E-state index contributed by atoms with van der Waals surface area (Å²) in [5, 5.41) is 10.0. The van der Waals surface area contributed by atoms with Crippen molar-refractivity contribution in [3.05, 3.63) is 46.8 Å². The van der Waals surface area contributed by atoms with Crippen LogP contribution in [0.25, 0.3) is 0 Å². The molecule has 112 valence electrons. The summed E-state index contributed by atoms with van der Waals surface area (Å²) in [5.41, 5.74) is 1.54. The van der Waals surface area contributed by atoms with Gasteiger partial charge in [-0.2, -0.15) is 0 Å². The number of aliphatic hydroxyl groups excluding tert-OH is 1. The zero-order valence-corrected chi connectivity index (χ0v) is 12.5. The van der Waals surface area contributed by atoms with Crippen molar-refractivity contribution in [1.29, 1.82) is 0 Å². The van der Waals surface area contributed by atoms with E-state index in [4.69, 9.17) is 11.6 Å². The summed E-state index contributed by atoms with van der Waals surface area (Å²) in [6.07, 6.45) is 2.29. The second-order valence-corrected chi connectivity index (χ2v) is 5.82. The molecule has 2 aromatic rings. The maximum atomic E-state index is 14.2. The van der Waals surface area contributed by atoms with Gasteiger partial charge in [0.15, 0.2) is 0 Å². The van der Waals surface area contributed by atoms with Crippen molar-refractivity contribution in [1.82, 2.24) is 9.55 Å². The Morgan fingerprint density at radius 3 is 2.95 bits per heavy atom. The molecule has 3 rings (SSSR count). The smallest absolute Gasteiger partial charge is 0.146 e. The van der Waals surface area contributed by atoms with Crippen molar-refractivity contribution in [2.24, 2.45) is 13.0 Å². The molecule has 1 N–H and O–H groups in total. The minimum Gasteiger partial charge on any atom is -0.396 e. The van der Waals surface area contributed by atoms with Gasteiger partial charge in [0.25, 0.3) is 0 Å². The summed E-state index contributed by atoms with van der Waals surface area (Å²) in [6, 6.07) is 5.10. The van der Waals surface area contributed by atoms with E-state index in [0.717, 1.165) is 11.4 Å². The third-order valence-electron chi connectivity index (χ3n) is 3.99. The van der Waals surface area contributed by atoms with Gasteiger partial charge in [-0.1, -0.05) is 23.7 Å². The van der Waals surface area contributed by atoms with Gasteiger partial charge in [0.2, 0.25) is 0 Å². The largest absolute Gasteiger partial charge is 0.396 e. The van der Waals surface area contributed by atoms with Crippen LogP contribution in [0.15, 0.2) is 24.4 Å². The van der Waals surface area contributed by atoms with E-state index in [2.05, 4.69) is 4.98 Å². The average Bonchev–Trinajstić information content (AvgIpc) is 2.79. The number of hydrogen-bond acceptors (Lipinski definition) is 3. The van der Waals surface area contributed by atoms with E-state index in [1.54, 1.807) is 16.8 Å². The number of halogens is 2. The molecule has 0 saturated heterocycles. The van der Waals surface area contributed by atoms with Gasteiger partial charge in [0.05, 0.1) is 18.4 Å². The SMILES string of the molecule is Cn1c(Cl)cnc1CN1CC(CO)Cc2cccc(F)c21. The molecule has 0 saturated carbocycles. The molecule has 4 nitrogen and oxygen atoms in total. The summed E-state index contributed by atoms with van der Waals surface area (Å²) in [4.78, 5) is 6.21. The van der Waals surface area contributed by atoms with Crippen molar-refractivity contribution in [3.8, 4) is 0 Å². The maximum absolute atomic E-state index is 14.2. The molecule has 0 aliphatic carbocycles. The number of fused-ring (bicyclic) bond motifs is 1. The molecule has 1 atom stereocenters. The monoisotopic (exact) mass is 309 g/mol. The number of nitrogens with zero attached hydrogens (tertiary/aromatic N) is 3. The topological polar surface area (TPSA) is 41.3 Å². The molecule has 2 heterocycles. The maximum Gasteiger partial charge on any atom is 0.146 e. The molecular formula is C15H17ClFN3O. The second-order valence-electron chi connectivity index (χ2n) is 5.44. The molecule has 1 aromatic carbocycles. The number of para-hydroxylation sites is 1. The Labute approximate surface area is 127 Å². The molecule has 1 aliphatic heterocycles. The minimum atomic E-state index is -0.232. The van der Waals surface area contributed by atoms with Crippen molar-refractivity contribution < 1.29 is 9.50 Å². The molecule has 0 radical (unpaired) electrons. The van der Waals surface area contributed by atoms with E-state index in [-0.39, 0.29) is 18.3 Å². The summed E-state index contributed by atoms with van der Waals surface area (Å²) in [7, 11) is 1.83. The van der Waals surface area contributed by atoms with Gasteiger partial charge in [-0.25, -0.2) is 9.37 Å². The summed E-state index contributed by atoms with van der Waals surface area (Å²) < 4.78 is 16.0. The Morgan fingerprint density at radius 1 is 1.48 bits per heavy atom. The Balaban J connectivity index is 1.96. The van der Waals surface area contributed by atoms with Crippen LogP contribution in [0.3, 0.4) is 0 Å². The van der Waals surface area contributed by atoms with E-state index in [0.29, 0.717) is 30.4 Å². The van der Waals surface area contributed by atoms with E-state index < -0.39 is 0 Å². The summed E-state index contributed by atoms with van der Waals surface area (Å²) >= 11 is 6.00. The molecular weight excluding hydrogens is 293 g/mol. The molecule has 1 aliphatic rings. The van der Waals surface area contributed by atoms with Gasteiger partial charge in [-0.3, -0.25) is 0 Å². The van der Waals surface area contributed by atoms with Gasteiger partial charge in [0, 0.05) is 26.1 Å². The standard InChI is InChI=1S/C15H17ClFN3O/c1-19-13(16)6-18-14(19)8-20-7-10(9-21)5-11-3-2-4-12(17)15(11)20/h2-4,6,10,21H,5,7-9H2,1H3. The van der Waals surface area contributed by atoms with Crippen LogP contribution in [0.5, 0.6) is 0 Å². The number of rotatable bonds is 3. The van der Waals surface area contributed by atoms with Crippen LogP contribution in [0.1, 0.15) is 11.4 Å². The fourth-order valence-electron chi connectivity index (χ4n) is 2.87.